The van der Waals surface area contributed by atoms with E-state index in [-0.39, 0.29) is 0 Å². The number of amides is 1. The number of carbonyl (C=O) groups excluding carboxylic acids is 1. The molecule has 2 fully saturated rings. The number of hydrogen-bond donors (Lipinski definition) is 0. The van der Waals surface area contributed by atoms with Crippen molar-refractivity contribution in [1.29, 1.82) is 0 Å². The fraction of sp³-hybridized carbons (Fsp3) is 0.667. The Balaban J connectivity index is 1.81. The number of benzene rings is 1. The van der Waals surface area contributed by atoms with E-state index < -0.39 is 5.41 Å². The molecule has 1 amide bonds. The Bertz CT molecular complexity index is 566. The number of hydrogen-bond acceptors (Lipinski definition) is 2. The minimum Gasteiger partial charge on any atom is -0.381 e. The van der Waals surface area contributed by atoms with Crippen LogP contribution in [0.5, 0.6) is 0 Å². The first-order valence-corrected chi connectivity index (χ1v) is 10.6. The van der Waals surface area contributed by atoms with Gasteiger partial charge in [0, 0.05) is 30.8 Å². The Morgan fingerprint density at radius 3 is 2.60 bits per heavy atom. The van der Waals surface area contributed by atoms with Gasteiger partial charge in [-0.05, 0) is 55.7 Å². The van der Waals surface area contributed by atoms with E-state index in [4.69, 9.17) is 4.74 Å². The van der Waals surface area contributed by atoms with Gasteiger partial charge >= 0.3 is 0 Å². The Morgan fingerprint density at radius 1 is 1.20 bits per heavy atom. The van der Waals surface area contributed by atoms with Crippen LogP contribution in [-0.4, -0.2) is 37.1 Å². The highest BCUT2D eigenvalue weighted by Gasteiger charge is 2.44. The molecule has 2 aliphatic heterocycles. The minimum atomic E-state index is -0.399. The third kappa shape index (κ3) is 4.28. The molecular formula is C21H30BrNO2. The first-order chi connectivity index (χ1) is 12.2. The maximum atomic E-state index is 13.6. The van der Waals surface area contributed by atoms with Crippen LogP contribution < -0.4 is 0 Å². The standard InChI is InChI=1S/C21H30BrNO2/c1-2-4-17-5-3-13-23(14-10-17)20(24)21(11-15-25-16-12-21)18-6-8-19(22)9-7-18/h6-9,17H,2-5,10-16H2,1H3. The molecule has 25 heavy (non-hydrogen) atoms. The van der Waals surface area contributed by atoms with Gasteiger partial charge in [-0.25, -0.2) is 0 Å². The van der Waals surface area contributed by atoms with Gasteiger partial charge in [0.15, 0.2) is 0 Å². The molecule has 2 aliphatic rings. The predicted molar refractivity (Wildman–Crippen MR) is 105 cm³/mol. The van der Waals surface area contributed by atoms with E-state index in [1.165, 1.54) is 19.3 Å². The van der Waals surface area contributed by atoms with Gasteiger partial charge in [0.1, 0.15) is 0 Å². The average Bonchev–Trinajstić information content (AvgIpc) is 2.88. The van der Waals surface area contributed by atoms with Crippen molar-refractivity contribution in [2.75, 3.05) is 26.3 Å². The Morgan fingerprint density at radius 2 is 1.92 bits per heavy atom. The summed E-state index contributed by atoms with van der Waals surface area (Å²) in [5.74, 6) is 1.12. The molecule has 1 aromatic carbocycles. The van der Waals surface area contributed by atoms with E-state index in [0.29, 0.717) is 19.1 Å². The van der Waals surface area contributed by atoms with E-state index in [9.17, 15) is 4.79 Å². The molecule has 1 aromatic rings. The zero-order valence-electron chi connectivity index (χ0n) is 15.3. The van der Waals surface area contributed by atoms with Crippen LogP contribution in [0.1, 0.15) is 57.4 Å². The normalized spacial score (nSPS) is 23.9. The third-order valence-electron chi connectivity index (χ3n) is 5.98. The SMILES string of the molecule is CCCC1CCCN(C(=O)C2(c3ccc(Br)cc3)CCOCC2)CC1. The van der Waals surface area contributed by atoms with Gasteiger partial charge in [-0.15, -0.1) is 0 Å². The maximum Gasteiger partial charge on any atom is 0.233 e. The van der Waals surface area contributed by atoms with Crippen LogP contribution in [0.15, 0.2) is 28.7 Å². The quantitative estimate of drug-likeness (QED) is 0.707. The van der Waals surface area contributed by atoms with Crippen LogP contribution in [0.2, 0.25) is 0 Å². The molecule has 1 unspecified atom stereocenters. The zero-order valence-corrected chi connectivity index (χ0v) is 16.9. The Hall–Kier alpha value is -0.870. The molecule has 4 heteroatoms. The van der Waals surface area contributed by atoms with Gasteiger partial charge in [-0.1, -0.05) is 47.8 Å². The average molecular weight is 408 g/mol. The second-order valence-electron chi connectivity index (χ2n) is 7.58. The summed E-state index contributed by atoms with van der Waals surface area (Å²) in [5, 5.41) is 0. The van der Waals surface area contributed by atoms with Crippen molar-refractivity contribution < 1.29 is 9.53 Å². The summed E-state index contributed by atoms with van der Waals surface area (Å²) >= 11 is 3.51. The van der Waals surface area contributed by atoms with Crippen molar-refractivity contribution in [3.8, 4) is 0 Å². The lowest BCUT2D eigenvalue weighted by Gasteiger charge is -2.40. The largest absolute Gasteiger partial charge is 0.381 e. The van der Waals surface area contributed by atoms with Crippen LogP contribution in [0, 0.1) is 5.92 Å². The predicted octanol–water partition coefficient (Wildman–Crippen LogP) is 4.93. The molecule has 2 heterocycles. The maximum absolute atomic E-state index is 13.6. The number of likely N-dealkylation sites (tertiary alicyclic amines) is 1. The fourth-order valence-electron chi connectivity index (χ4n) is 4.48. The van der Waals surface area contributed by atoms with Gasteiger partial charge in [0.25, 0.3) is 0 Å². The molecule has 3 nitrogen and oxygen atoms in total. The molecule has 0 spiro atoms. The number of halogens is 1. The zero-order chi connectivity index (χ0) is 17.7. The van der Waals surface area contributed by atoms with E-state index in [1.807, 2.05) is 0 Å². The molecule has 0 N–H and O–H groups in total. The first-order valence-electron chi connectivity index (χ1n) is 9.79. The monoisotopic (exact) mass is 407 g/mol. The van der Waals surface area contributed by atoms with Gasteiger partial charge < -0.3 is 9.64 Å². The molecule has 3 rings (SSSR count). The molecule has 2 saturated heterocycles. The summed E-state index contributed by atoms with van der Waals surface area (Å²) in [4.78, 5) is 15.8. The molecule has 1 atom stereocenters. The van der Waals surface area contributed by atoms with Crippen molar-refractivity contribution in [3.05, 3.63) is 34.3 Å². The molecule has 0 saturated carbocycles. The van der Waals surface area contributed by atoms with Gasteiger partial charge in [0.05, 0.1) is 5.41 Å². The topological polar surface area (TPSA) is 29.5 Å². The number of nitrogens with zero attached hydrogens (tertiary/aromatic N) is 1. The smallest absolute Gasteiger partial charge is 0.233 e. The van der Waals surface area contributed by atoms with Crippen LogP contribution in [-0.2, 0) is 14.9 Å². The molecule has 0 aliphatic carbocycles. The first kappa shape index (κ1) is 18.9. The van der Waals surface area contributed by atoms with Crippen molar-refractivity contribution in [1.82, 2.24) is 4.90 Å². The van der Waals surface area contributed by atoms with E-state index >= 15 is 0 Å². The lowest BCUT2D eigenvalue weighted by Crippen LogP contribution is -2.50. The highest BCUT2D eigenvalue weighted by atomic mass is 79.9. The van der Waals surface area contributed by atoms with Crippen molar-refractivity contribution in [3.63, 3.8) is 0 Å². The Labute approximate surface area is 160 Å². The number of rotatable bonds is 4. The van der Waals surface area contributed by atoms with Gasteiger partial charge in [-0.3, -0.25) is 4.79 Å². The van der Waals surface area contributed by atoms with Crippen LogP contribution in [0.3, 0.4) is 0 Å². The summed E-state index contributed by atoms with van der Waals surface area (Å²) in [6.07, 6.45) is 7.71. The van der Waals surface area contributed by atoms with Crippen molar-refractivity contribution in [2.24, 2.45) is 5.92 Å². The second kappa shape index (κ2) is 8.68. The van der Waals surface area contributed by atoms with Gasteiger partial charge in [-0.2, -0.15) is 0 Å². The molecule has 0 radical (unpaired) electrons. The van der Waals surface area contributed by atoms with Crippen LogP contribution in [0.4, 0.5) is 0 Å². The highest BCUT2D eigenvalue weighted by molar-refractivity contribution is 9.10. The van der Waals surface area contributed by atoms with Crippen LogP contribution in [0.25, 0.3) is 0 Å². The molecule has 0 bridgehead atoms. The van der Waals surface area contributed by atoms with E-state index in [2.05, 4.69) is 52.0 Å². The molecule has 138 valence electrons. The number of carbonyl (C=O) groups is 1. The second-order valence-corrected chi connectivity index (χ2v) is 8.49. The minimum absolute atomic E-state index is 0.329. The lowest BCUT2D eigenvalue weighted by atomic mass is 9.73. The highest BCUT2D eigenvalue weighted by Crippen LogP contribution is 2.38. The lowest BCUT2D eigenvalue weighted by molar-refractivity contribution is -0.141. The van der Waals surface area contributed by atoms with Gasteiger partial charge in [0.2, 0.25) is 5.91 Å². The third-order valence-corrected chi connectivity index (χ3v) is 6.51. The van der Waals surface area contributed by atoms with E-state index in [0.717, 1.165) is 54.7 Å². The number of ether oxygens (including phenoxy) is 1. The van der Waals surface area contributed by atoms with Crippen LogP contribution >= 0.6 is 15.9 Å². The van der Waals surface area contributed by atoms with E-state index in [1.54, 1.807) is 0 Å². The van der Waals surface area contributed by atoms with Crippen molar-refractivity contribution in [2.45, 2.75) is 57.3 Å². The summed E-state index contributed by atoms with van der Waals surface area (Å²) in [6, 6.07) is 8.34. The summed E-state index contributed by atoms with van der Waals surface area (Å²) < 4.78 is 6.66. The molecular weight excluding hydrogens is 378 g/mol. The fourth-order valence-corrected chi connectivity index (χ4v) is 4.75. The summed E-state index contributed by atoms with van der Waals surface area (Å²) in [6.45, 7) is 5.45. The summed E-state index contributed by atoms with van der Waals surface area (Å²) in [5.41, 5.74) is 0.752. The van der Waals surface area contributed by atoms with Crippen molar-refractivity contribution >= 4 is 21.8 Å². The Kier molecular flexibility index (Phi) is 6.56. The molecule has 0 aromatic heterocycles. The summed E-state index contributed by atoms with van der Waals surface area (Å²) in [7, 11) is 0.